The molecule has 0 aromatic carbocycles. The number of aliphatic hydroxyl groups excluding tert-OH is 1. The molecule has 0 aromatic rings. The average molecular weight is 599 g/mol. The minimum atomic E-state index is -1.15. The zero-order valence-electron chi connectivity index (χ0n) is 28.6. The monoisotopic (exact) mass is 598 g/mol. The second kappa shape index (κ2) is 10.2. The fraction of sp³-hybridized carbons (Fsp3) is 0.865. The molecule has 9 unspecified atom stereocenters. The summed E-state index contributed by atoms with van der Waals surface area (Å²) in [5.41, 5.74) is 0.852. The molecule has 0 aliphatic heterocycles. The van der Waals surface area contributed by atoms with E-state index in [1.54, 1.807) is 13.8 Å². The molecule has 242 valence electrons. The van der Waals surface area contributed by atoms with Crippen molar-refractivity contribution >= 4 is 17.7 Å². The summed E-state index contributed by atoms with van der Waals surface area (Å²) in [5, 5.41) is 20.7. The Balaban J connectivity index is 1.46. The van der Waals surface area contributed by atoms with Crippen LogP contribution in [0.5, 0.6) is 0 Å². The molecular weight excluding hydrogens is 540 g/mol. The van der Waals surface area contributed by atoms with Crippen molar-refractivity contribution in [2.75, 3.05) is 0 Å². The first-order valence-electron chi connectivity index (χ1n) is 17.1. The van der Waals surface area contributed by atoms with Crippen molar-refractivity contribution in [2.45, 2.75) is 146 Å². The number of aliphatic hydroxyl groups is 1. The maximum atomic E-state index is 13.5. The van der Waals surface area contributed by atoms with Gasteiger partial charge in [-0.05, 0) is 118 Å². The third-order valence-electron chi connectivity index (χ3n) is 14.7. The number of carboxylic acid groups (broad SMARTS) is 1. The Kier molecular flexibility index (Phi) is 7.72. The zero-order chi connectivity index (χ0) is 32.1. The van der Waals surface area contributed by atoms with E-state index in [1.807, 2.05) is 6.92 Å². The summed E-state index contributed by atoms with van der Waals surface area (Å²) in [5.74, 6) is 0.290. The fourth-order valence-corrected chi connectivity index (χ4v) is 12.0. The summed E-state index contributed by atoms with van der Waals surface area (Å²) in [6, 6.07) is 0. The Labute approximate surface area is 259 Å². The van der Waals surface area contributed by atoms with E-state index in [-0.39, 0.29) is 45.9 Å². The van der Waals surface area contributed by atoms with E-state index >= 15 is 0 Å². The van der Waals surface area contributed by atoms with Gasteiger partial charge in [-0.2, -0.15) is 0 Å². The van der Waals surface area contributed by atoms with Crippen LogP contribution in [0.4, 0.5) is 0 Å². The van der Waals surface area contributed by atoms with Gasteiger partial charge in [0.25, 0.3) is 0 Å². The van der Waals surface area contributed by atoms with Crippen LogP contribution in [0.1, 0.15) is 133 Å². The highest BCUT2D eigenvalue weighted by atomic mass is 16.5. The van der Waals surface area contributed by atoms with Crippen molar-refractivity contribution in [3.05, 3.63) is 11.1 Å². The topological polar surface area (TPSA) is 101 Å². The van der Waals surface area contributed by atoms with Crippen LogP contribution in [-0.4, -0.2) is 40.1 Å². The molecule has 4 saturated carbocycles. The van der Waals surface area contributed by atoms with Crippen LogP contribution in [0.15, 0.2) is 11.1 Å². The standard InChI is InChI=1S/C37H58O6/c1-21(2)29-24(39)19-37(22(3)38)18-17-35(9)23(30(29)37)11-12-26-34(8)15-14-27(43-28(40)20-32(4,5)31(41)42)33(6,7)25(34)13-16-36(26,35)10/h21-23,25-27,38H,11-20H2,1-10H3,(H,41,42). The predicted molar refractivity (Wildman–Crippen MR) is 167 cm³/mol. The van der Waals surface area contributed by atoms with Crippen LogP contribution < -0.4 is 0 Å². The molecule has 0 spiro atoms. The molecule has 0 bridgehead atoms. The minimum Gasteiger partial charge on any atom is -0.481 e. The second-order valence-electron chi connectivity index (χ2n) is 17.7. The highest BCUT2D eigenvalue weighted by Gasteiger charge is 2.70. The van der Waals surface area contributed by atoms with Crippen LogP contribution in [0.2, 0.25) is 0 Å². The summed E-state index contributed by atoms with van der Waals surface area (Å²) < 4.78 is 6.11. The van der Waals surface area contributed by atoms with Gasteiger partial charge in [-0.25, -0.2) is 0 Å². The Morgan fingerprint density at radius 2 is 1.56 bits per heavy atom. The third-order valence-corrected chi connectivity index (χ3v) is 14.7. The van der Waals surface area contributed by atoms with Crippen molar-refractivity contribution in [3.8, 4) is 0 Å². The van der Waals surface area contributed by atoms with E-state index in [9.17, 15) is 24.6 Å². The number of allylic oxidation sites excluding steroid dienone is 1. The summed E-state index contributed by atoms with van der Waals surface area (Å²) in [4.78, 5) is 38.1. The van der Waals surface area contributed by atoms with Crippen molar-refractivity contribution in [3.63, 3.8) is 0 Å². The maximum absolute atomic E-state index is 13.5. The van der Waals surface area contributed by atoms with Crippen molar-refractivity contribution in [1.82, 2.24) is 0 Å². The first-order chi connectivity index (χ1) is 19.7. The average Bonchev–Trinajstić information content (AvgIpc) is 3.19. The van der Waals surface area contributed by atoms with Gasteiger partial charge < -0.3 is 14.9 Å². The number of fused-ring (bicyclic) bond motifs is 7. The fourth-order valence-electron chi connectivity index (χ4n) is 12.0. The lowest BCUT2D eigenvalue weighted by molar-refractivity contribution is -0.235. The quantitative estimate of drug-likeness (QED) is 0.303. The van der Waals surface area contributed by atoms with Gasteiger partial charge in [0.1, 0.15) is 6.10 Å². The number of carboxylic acids is 1. The molecule has 5 aliphatic rings. The lowest BCUT2D eigenvalue weighted by Gasteiger charge is -2.72. The normalized spacial score (nSPS) is 42.9. The summed E-state index contributed by atoms with van der Waals surface area (Å²) >= 11 is 0. The maximum Gasteiger partial charge on any atom is 0.309 e. The molecule has 0 saturated heterocycles. The number of carbonyl (C=O) groups is 3. The number of hydrogen-bond donors (Lipinski definition) is 2. The molecule has 43 heavy (non-hydrogen) atoms. The van der Waals surface area contributed by atoms with Gasteiger partial charge in [-0.1, -0.05) is 54.0 Å². The van der Waals surface area contributed by atoms with Gasteiger partial charge in [0.2, 0.25) is 0 Å². The van der Waals surface area contributed by atoms with Gasteiger partial charge in [0, 0.05) is 17.3 Å². The van der Waals surface area contributed by atoms with Gasteiger partial charge >= 0.3 is 11.9 Å². The molecule has 4 fully saturated rings. The van der Waals surface area contributed by atoms with E-state index < -0.39 is 28.9 Å². The lowest BCUT2D eigenvalue weighted by atomic mass is 9.33. The Bertz CT molecular complexity index is 1230. The molecule has 0 heterocycles. The first-order valence-corrected chi connectivity index (χ1v) is 17.1. The number of ketones is 1. The van der Waals surface area contributed by atoms with E-state index in [1.165, 1.54) is 5.57 Å². The third kappa shape index (κ3) is 4.45. The van der Waals surface area contributed by atoms with E-state index in [0.29, 0.717) is 24.2 Å². The molecule has 5 aliphatic carbocycles. The summed E-state index contributed by atoms with van der Waals surface area (Å²) in [7, 11) is 0. The molecule has 6 heteroatoms. The van der Waals surface area contributed by atoms with Crippen LogP contribution in [0, 0.1) is 56.2 Å². The molecule has 0 amide bonds. The summed E-state index contributed by atoms with van der Waals surface area (Å²) in [6.07, 6.45) is 7.70. The molecular formula is C37H58O6. The van der Waals surface area contributed by atoms with E-state index in [2.05, 4.69) is 48.5 Å². The molecule has 9 atom stereocenters. The minimum absolute atomic E-state index is 0.0538. The van der Waals surface area contributed by atoms with Gasteiger partial charge in [0.05, 0.1) is 17.9 Å². The highest BCUT2D eigenvalue weighted by Crippen LogP contribution is 2.77. The second-order valence-corrected chi connectivity index (χ2v) is 17.7. The van der Waals surface area contributed by atoms with Crippen LogP contribution in [-0.2, 0) is 19.1 Å². The number of Topliss-reactive ketones (excluding diaryl/α,β-unsaturated/α-hetero) is 1. The number of hydrogen-bond acceptors (Lipinski definition) is 5. The number of rotatable bonds is 6. The molecule has 0 radical (unpaired) electrons. The number of aliphatic carboxylic acids is 1. The van der Waals surface area contributed by atoms with Crippen LogP contribution >= 0.6 is 0 Å². The zero-order valence-corrected chi connectivity index (χ0v) is 28.6. The van der Waals surface area contributed by atoms with Crippen LogP contribution in [0.25, 0.3) is 0 Å². The van der Waals surface area contributed by atoms with Gasteiger partial charge in [0.15, 0.2) is 5.78 Å². The smallest absolute Gasteiger partial charge is 0.309 e. The molecule has 6 nitrogen and oxygen atoms in total. The van der Waals surface area contributed by atoms with Crippen LogP contribution in [0.3, 0.4) is 0 Å². The van der Waals surface area contributed by atoms with Gasteiger partial charge in [-0.15, -0.1) is 0 Å². The molecule has 5 rings (SSSR count). The van der Waals surface area contributed by atoms with Crippen molar-refractivity contribution in [1.29, 1.82) is 0 Å². The largest absolute Gasteiger partial charge is 0.481 e. The van der Waals surface area contributed by atoms with E-state index in [4.69, 9.17) is 4.74 Å². The van der Waals surface area contributed by atoms with E-state index in [0.717, 1.165) is 56.9 Å². The van der Waals surface area contributed by atoms with Crippen molar-refractivity contribution < 1.29 is 29.3 Å². The Morgan fingerprint density at radius 1 is 0.907 bits per heavy atom. The van der Waals surface area contributed by atoms with Crippen molar-refractivity contribution in [2.24, 2.45) is 56.2 Å². The lowest BCUT2D eigenvalue weighted by Crippen LogP contribution is -2.66. The van der Waals surface area contributed by atoms with Gasteiger partial charge in [-0.3, -0.25) is 14.4 Å². The first kappa shape index (κ1) is 32.7. The Hall–Kier alpha value is -1.69. The number of ether oxygens (including phenoxy) is 1. The Morgan fingerprint density at radius 3 is 2.14 bits per heavy atom. The molecule has 0 aromatic heterocycles. The highest BCUT2D eigenvalue weighted by molar-refractivity contribution is 6.00. The summed E-state index contributed by atoms with van der Waals surface area (Å²) in [6.45, 7) is 21.5. The number of esters is 1. The number of carbonyl (C=O) groups excluding carboxylic acids is 2. The molecule has 2 N–H and O–H groups in total. The SMILES string of the molecule is CC(C)C1=C2C3CCC4C5(C)CCC(OC(=O)CC(C)(C)C(=O)O)C(C)(C)C5CCC4(C)C3(C)CCC2(C(C)O)CC1=O. The predicted octanol–water partition coefficient (Wildman–Crippen LogP) is 7.76.